The molecule has 1 fully saturated rings. The van der Waals surface area contributed by atoms with Crippen molar-refractivity contribution in [3.63, 3.8) is 0 Å². The van der Waals surface area contributed by atoms with Crippen molar-refractivity contribution in [1.29, 1.82) is 0 Å². The lowest BCUT2D eigenvalue weighted by Crippen LogP contribution is -2.19. The maximum absolute atomic E-state index is 11.5. The third kappa shape index (κ3) is 2.10. The minimum Gasteiger partial charge on any atom is -0.408 e. The second-order valence-corrected chi connectivity index (χ2v) is 5.54. The van der Waals surface area contributed by atoms with E-state index >= 15 is 0 Å². The fraction of sp³-hybridized carbons (Fsp3) is 0.533. The van der Waals surface area contributed by atoms with Crippen molar-refractivity contribution in [2.45, 2.75) is 31.6 Å². The Morgan fingerprint density at radius 2 is 2.16 bits per heavy atom. The smallest absolute Gasteiger partial charge is 0.408 e. The third-order valence-electron chi connectivity index (χ3n) is 4.47. The highest BCUT2D eigenvalue weighted by molar-refractivity contribution is 5.73. The van der Waals surface area contributed by atoms with Crippen molar-refractivity contribution in [2.75, 3.05) is 6.54 Å². The Kier molecular flexibility index (Phi) is 3.19. The van der Waals surface area contributed by atoms with Gasteiger partial charge in [0.2, 0.25) is 0 Å². The van der Waals surface area contributed by atoms with Gasteiger partial charge in [-0.2, -0.15) is 0 Å². The van der Waals surface area contributed by atoms with Gasteiger partial charge in [0.1, 0.15) is 0 Å². The first-order valence-electron chi connectivity index (χ1n) is 7.00. The fourth-order valence-electron chi connectivity index (χ4n) is 3.33. The molecule has 1 aliphatic rings. The number of hydrogen-bond donors (Lipinski definition) is 1. The van der Waals surface area contributed by atoms with E-state index in [2.05, 4.69) is 12.1 Å². The monoisotopic (exact) mass is 260 g/mol. The van der Waals surface area contributed by atoms with Crippen molar-refractivity contribution in [3.05, 3.63) is 34.3 Å². The minimum absolute atomic E-state index is 0.308. The summed E-state index contributed by atoms with van der Waals surface area (Å²) in [7, 11) is 1.74. The Balaban J connectivity index is 2.03. The molecule has 2 aromatic rings. The van der Waals surface area contributed by atoms with Crippen LogP contribution in [0.15, 0.2) is 27.4 Å². The average Bonchev–Trinajstić information content (AvgIpc) is 3.02. The van der Waals surface area contributed by atoms with Crippen molar-refractivity contribution in [2.24, 2.45) is 18.7 Å². The molecule has 0 bridgehead atoms. The van der Waals surface area contributed by atoms with Crippen LogP contribution in [0.3, 0.4) is 0 Å². The van der Waals surface area contributed by atoms with E-state index < -0.39 is 0 Å². The summed E-state index contributed by atoms with van der Waals surface area (Å²) < 4.78 is 6.73. The molecule has 0 spiro atoms. The van der Waals surface area contributed by atoms with Gasteiger partial charge in [-0.3, -0.25) is 4.57 Å². The third-order valence-corrected chi connectivity index (χ3v) is 4.47. The summed E-state index contributed by atoms with van der Waals surface area (Å²) in [5, 5.41) is 0. The van der Waals surface area contributed by atoms with Crippen molar-refractivity contribution in [1.82, 2.24) is 4.57 Å². The zero-order valence-electron chi connectivity index (χ0n) is 11.3. The molecule has 4 heteroatoms. The molecule has 4 nitrogen and oxygen atoms in total. The second kappa shape index (κ2) is 4.85. The summed E-state index contributed by atoms with van der Waals surface area (Å²) in [6.45, 7) is 0.669. The van der Waals surface area contributed by atoms with Gasteiger partial charge in [0.05, 0.1) is 5.52 Å². The van der Waals surface area contributed by atoms with Gasteiger partial charge in [0.15, 0.2) is 5.58 Å². The number of rotatable bonds is 3. The van der Waals surface area contributed by atoms with Crippen LogP contribution in [0.25, 0.3) is 11.1 Å². The van der Waals surface area contributed by atoms with E-state index in [1.54, 1.807) is 11.6 Å². The van der Waals surface area contributed by atoms with Gasteiger partial charge in [0, 0.05) is 7.05 Å². The molecule has 0 amide bonds. The van der Waals surface area contributed by atoms with E-state index in [4.69, 9.17) is 10.2 Å². The Labute approximate surface area is 112 Å². The average molecular weight is 260 g/mol. The van der Waals surface area contributed by atoms with Gasteiger partial charge >= 0.3 is 5.76 Å². The molecule has 19 heavy (non-hydrogen) atoms. The summed E-state index contributed by atoms with van der Waals surface area (Å²) in [6.07, 6.45) is 5.16. The maximum Gasteiger partial charge on any atom is 0.419 e. The van der Waals surface area contributed by atoms with Crippen molar-refractivity contribution >= 4 is 11.1 Å². The topological polar surface area (TPSA) is 61.2 Å². The molecule has 0 saturated heterocycles. The minimum atomic E-state index is -0.308. The fourth-order valence-corrected chi connectivity index (χ4v) is 3.33. The van der Waals surface area contributed by atoms with Crippen LogP contribution in [-0.2, 0) is 7.05 Å². The zero-order valence-corrected chi connectivity index (χ0v) is 11.3. The van der Waals surface area contributed by atoms with E-state index in [1.165, 1.54) is 31.2 Å². The van der Waals surface area contributed by atoms with Crippen molar-refractivity contribution < 1.29 is 4.42 Å². The van der Waals surface area contributed by atoms with E-state index in [0.29, 0.717) is 24.0 Å². The highest BCUT2D eigenvalue weighted by Crippen LogP contribution is 2.37. The van der Waals surface area contributed by atoms with Gasteiger partial charge in [-0.1, -0.05) is 18.9 Å². The molecule has 102 valence electrons. The lowest BCUT2D eigenvalue weighted by molar-refractivity contribution is 0.440. The number of nitrogens with two attached hydrogens (primary N) is 1. The van der Waals surface area contributed by atoms with Crippen LogP contribution in [0.2, 0.25) is 0 Å². The molecule has 1 aromatic carbocycles. The number of nitrogens with zero attached hydrogens (tertiary/aromatic N) is 1. The number of benzene rings is 1. The second-order valence-electron chi connectivity index (χ2n) is 5.54. The molecular weight excluding hydrogens is 240 g/mol. The summed E-state index contributed by atoms with van der Waals surface area (Å²) >= 11 is 0. The van der Waals surface area contributed by atoms with E-state index in [9.17, 15) is 4.79 Å². The van der Waals surface area contributed by atoms with Crippen LogP contribution in [0.4, 0.5) is 0 Å². The lowest BCUT2D eigenvalue weighted by Gasteiger charge is -2.22. The molecule has 1 unspecified atom stereocenters. The predicted molar refractivity (Wildman–Crippen MR) is 75.2 cm³/mol. The maximum atomic E-state index is 11.5. The van der Waals surface area contributed by atoms with Crippen LogP contribution < -0.4 is 11.5 Å². The van der Waals surface area contributed by atoms with Gasteiger partial charge in [-0.25, -0.2) is 4.79 Å². The molecule has 1 aromatic heterocycles. The van der Waals surface area contributed by atoms with Crippen LogP contribution in [-0.4, -0.2) is 11.1 Å². The van der Waals surface area contributed by atoms with Gasteiger partial charge < -0.3 is 10.2 Å². The van der Waals surface area contributed by atoms with Crippen LogP contribution in [0, 0.1) is 5.92 Å². The Bertz CT molecular complexity index is 635. The van der Waals surface area contributed by atoms with E-state index in [0.717, 1.165) is 5.52 Å². The summed E-state index contributed by atoms with van der Waals surface area (Å²) in [4.78, 5) is 11.5. The van der Waals surface area contributed by atoms with Gasteiger partial charge in [0.25, 0.3) is 0 Å². The summed E-state index contributed by atoms with van der Waals surface area (Å²) in [5.74, 6) is 0.778. The zero-order chi connectivity index (χ0) is 13.4. The molecule has 3 rings (SSSR count). The number of aromatic nitrogens is 1. The normalized spacial score (nSPS) is 18.2. The largest absolute Gasteiger partial charge is 0.419 e. The molecule has 0 aliphatic heterocycles. The van der Waals surface area contributed by atoms with E-state index in [-0.39, 0.29) is 5.76 Å². The molecule has 1 atom stereocenters. The summed E-state index contributed by atoms with van der Waals surface area (Å²) in [6, 6.07) is 6.01. The lowest BCUT2D eigenvalue weighted by atomic mass is 9.85. The Hall–Kier alpha value is -1.55. The highest BCUT2D eigenvalue weighted by Gasteiger charge is 2.25. The first kappa shape index (κ1) is 12.5. The predicted octanol–water partition coefficient (Wildman–Crippen LogP) is 2.36. The SMILES string of the molecule is Cn1c(=O)oc2ccc(C(CN)C3CCCC3)cc21. The quantitative estimate of drug-likeness (QED) is 0.921. The standard InChI is InChI=1S/C15H20N2O2/c1-17-13-8-11(6-7-14(13)19-15(17)18)12(9-16)10-4-2-3-5-10/h6-8,10,12H,2-5,9,16H2,1H3. The van der Waals surface area contributed by atoms with Gasteiger partial charge in [-0.15, -0.1) is 0 Å². The molecule has 1 heterocycles. The van der Waals surface area contributed by atoms with Gasteiger partial charge in [-0.05, 0) is 48.9 Å². The number of hydrogen-bond acceptors (Lipinski definition) is 3. The highest BCUT2D eigenvalue weighted by atomic mass is 16.4. The summed E-state index contributed by atoms with van der Waals surface area (Å²) in [5.41, 5.74) is 8.73. The molecule has 1 saturated carbocycles. The molecular formula is C15H20N2O2. The first-order chi connectivity index (χ1) is 9.20. The first-order valence-corrected chi connectivity index (χ1v) is 7.00. The van der Waals surface area contributed by atoms with Crippen LogP contribution >= 0.6 is 0 Å². The van der Waals surface area contributed by atoms with Crippen molar-refractivity contribution in [3.8, 4) is 0 Å². The molecule has 0 radical (unpaired) electrons. The molecule has 1 aliphatic carbocycles. The Morgan fingerprint density at radius 3 is 2.84 bits per heavy atom. The molecule has 2 N–H and O–H groups in total. The van der Waals surface area contributed by atoms with Crippen LogP contribution in [0.1, 0.15) is 37.2 Å². The number of fused-ring (bicyclic) bond motifs is 1. The number of oxazole rings is 1. The number of aryl methyl sites for hydroxylation is 1. The van der Waals surface area contributed by atoms with Crippen LogP contribution in [0.5, 0.6) is 0 Å². The Morgan fingerprint density at radius 1 is 1.42 bits per heavy atom. The van der Waals surface area contributed by atoms with E-state index in [1.807, 2.05) is 6.07 Å².